The van der Waals surface area contributed by atoms with Crippen LogP contribution in [0.2, 0.25) is 0 Å². The van der Waals surface area contributed by atoms with Gasteiger partial charge in [0.25, 0.3) is 11.8 Å². The van der Waals surface area contributed by atoms with Crippen LogP contribution in [-0.2, 0) is 0 Å². The van der Waals surface area contributed by atoms with E-state index in [4.69, 9.17) is 4.42 Å². The number of hydrogen-bond acceptors (Lipinski definition) is 7. The third-order valence-corrected chi connectivity index (χ3v) is 4.34. The molecule has 3 aromatic heterocycles. The van der Waals surface area contributed by atoms with Crippen molar-refractivity contribution in [2.45, 2.75) is 0 Å². The average Bonchev–Trinajstić information content (AvgIpc) is 3.31. The Bertz CT molecular complexity index is 1080. The largest absolute Gasteiger partial charge is 0.459 e. The van der Waals surface area contributed by atoms with Crippen molar-refractivity contribution in [1.29, 1.82) is 0 Å². The molecular weight excluding hydrogens is 354 g/mol. The highest BCUT2D eigenvalue weighted by Crippen LogP contribution is 2.28. The van der Waals surface area contributed by atoms with Crippen LogP contribution in [0.4, 0.5) is 10.8 Å². The van der Waals surface area contributed by atoms with Gasteiger partial charge in [-0.25, -0.2) is 9.97 Å². The Morgan fingerprint density at radius 1 is 1.08 bits per heavy atom. The summed E-state index contributed by atoms with van der Waals surface area (Å²) in [7, 11) is 0. The molecule has 1 aromatic carbocycles. The van der Waals surface area contributed by atoms with E-state index in [1.165, 1.54) is 36.2 Å². The first-order chi connectivity index (χ1) is 12.7. The van der Waals surface area contributed by atoms with Gasteiger partial charge in [-0.1, -0.05) is 11.3 Å². The van der Waals surface area contributed by atoms with Crippen molar-refractivity contribution in [1.82, 2.24) is 15.0 Å². The average molecular weight is 365 g/mol. The van der Waals surface area contributed by atoms with Gasteiger partial charge in [0.05, 0.1) is 22.7 Å². The van der Waals surface area contributed by atoms with Crippen molar-refractivity contribution in [3.8, 4) is 0 Å². The number of thiazole rings is 1. The minimum absolute atomic E-state index is 0.209. The Morgan fingerprint density at radius 2 is 2.00 bits per heavy atom. The van der Waals surface area contributed by atoms with Crippen molar-refractivity contribution < 1.29 is 14.0 Å². The summed E-state index contributed by atoms with van der Waals surface area (Å²) in [5, 5.41) is 5.89. The number of benzene rings is 1. The zero-order chi connectivity index (χ0) is 17.9. The summed E-state index contributed by atoms with van der Waals surface area (Å²) in [5.41, 5.74) is 1.53. The maximum atomic E-state index is 12.1. The molecule has 2 N–H and O–H groups in total. The number of nitrogens with zero attached hydrogens (tertiary/aromatic N) is 3. The first kappa shape index (κ1) is 15.9. The highest BCUT2D eigenvalue weighted by molar-refractivity contribution is 7.22. The topological polar surface area (TPSA) is 110 Å². The molecule has 0 fully saturated rings. The molecule has 26 heavy (non-hydrogen) atoms. The summed E-state index contributed by atoms with van der Waals surface area (Å²) in [4.78, 5) is 36.3. The summed E-state index contributed by atoms with van der Waals surface area (Å²) in [6, 6.07) is 8.49. The number of hydrogen-bond donors (Lipinski definition) is 2. The lowest BCUT2D eigenvalue weighted by atomic mass is 10.3. The molecule has 0 saturated carbocycles. The number of rotatable bonds is 4. The first-order valence-corrected chi connectivity index (χ1v) is 8.33. The Kier molecular flexibility index (Phi) is 4.12. The van der Waals surface area contributed by atoms with Crippen molar-refractivity contribution >= 4 is 44.2 Å². The normalized spacial score (nSPS) is 10.6. The van der Waals surface area contributed by atoms with Gasteiger partial charge >= 0.3 is 0 Å². The third kappa shape index (κ3) is 3.28. The van der Waals surface area contributed by atoms with Crippen molar-refractivity contribution in [2.75, 3.05) is 10.6 Å². The number of nitrogens with one attached hydrogen (secondary N) is 2. The van der Waals surface area contributed by atoms with Gasteiger partial charge in [-0.2, -0.15) is 0 Å². The van der Waals surface area contributed by atoms with Crippen LogP contribution in [0, 0.1) is 0 Å². The Hall–Kier alpha value is -3.59. The standard InChI is InChI=1S/C17H11N5O3S/c23-15(12-9-18-5-6-19-12)20-10-3-4-11-14(8-10)26-17(21-11)22-16(24)13-2-1-7-25-13/h1-9H,(H,20,23)(H,21,22,24). The molecule has 0 aliphatic rings. The zero-order valence-corrected chi connectivity index (χ0v) is 14.0. The van der Waals surface area contributed by atoms with E-state index in [0.717, 1.165) is 4.70 Å². The lowest BCUT2D eigenvalue weighted by Gasteiger charge is -2.03. The maximum Gasteiger partial charge on any atom is 0.293 e. The van der Waals surface area contributed by atoms with E-state index in [1.54, 1.807) is 30.3 Å². The van der Waals surface area contributed by atoms with Gasteiger partial charge in [0, 0.05) is 18.1 Å². The molecule has 0 atom stereocenters. The predicted molar refractivity (Wildman–Crippen MR) is 96.3 cm³/mol. The maximum absolute atomic E-state index is 12.1. The molecule has 0 spiro atoms. The van der Waals surface area contributed by atoms with E-state index >= 15 is 0 Å². The number of fused-ring (bicyclic) bond motifs is 1. The van der Waals surface area contributed by atoms with Crippen LogP contribution < -0.4 is 10.6 Å². The molecule has 0 aliphatic carbocycles. The van der Waals surface area contributed by atoms with Crippen LogP contribution in [0.25, 0.3) is 10.2 Å². The van der Waals surface area contributed by atoms with Gasteiger partial charge in [-0.3, -0.25) is 19.9 Å². The van der Waals surface area contributed by atoms with Gasteiger partial charge in [0.15, 0.2) is 10.9 Å². The number of aromatic nitrogens is 3. The summed E-state index contributed by atoms with van der Waals surface area (Å²) in [6.07, 6.45) is 5.77. The van der Waals surface area contributed by atoms with Crippen LogP contribution >= 0.6 is 11.3 Å². The van der Waals surface area contributed by atoms with Crippen LogP contribution in [-0.4, -0.2) is 26.8 Å². The van der Waals surface area contributed by atoms with Gasteiger partial charge in [-0.15, -0.1) is 0 Å². The molecule has 8 nitrogen and oxygen atoms in total. The van der Waals surface area contributed by atoms with Gasteiger partial charge in [0.1, 0.15) is 5.69 Å². The molecule has 4 rings (SSSR count). The van der Waals surface area contributed by atoms with Crippen LogP contribution in [0.1, 0.15) is 21.0 Å². The smallest absolute Gasteiger partial charge is 0.293 e. The van der Waals surface area contributed by atoms with Crippen LogP contribution in [0.5, 0.6) is 0 Å². The highest BCUT2D eigenvalue weighted by atomic mass is 32.1. The number of furan rings is 1. The zero-order valence-electron chi connectivity index (χ0n) is 13.2. The number of anilines is 2. The predicted octanol–water partition coefficient (Wildman–Crippen LogP) is 3.18. The highest BCUT2D eigenvalue weighted by Gasteiger charge is 2.13. The Balaban J connectivity index is 1.52. The van der Waals surface area contributed by atoms with Gasteiger partial charge < -0.3 is 9.73 Å². The molecule has 3 heterocycles. The van der Waals surface area contributed by atoms with Crippen LogP contribution in [0.3, 0.4) is 0 Å². The quantitative estimate of drug-likeness (QED) is 0.575. The lowest BCUT2D eigenvalue weighted by molar-refractivity contribution is 0.0994. The fourth-order valence-corrected chi connectivity index (χ4v) is 3.13. The summed E-state index contributed by atoms with van der Waals surface area (Å²) in [5.74, 6) is -0.514. The molecule has 2 amide bonds. The molecule has 0 radical (unpaired) electrons. The van der Waals surface area contributed by atoms with E-state index in [1.807, 2.05) is 0 Å². The van der Waals surface area contributed by atoms with E-state index in [9.17, 15) is 9.59 Å². The number of carbonyl (C=O) groups is 2. The minimum Gasteiger partial charge on any atom is -0.459 e. The van der Waals surface area contributed by atoms with Crippen molar-refractivity contribution in [3.05, 3.63) is 66.6 Å². The second kappa shape index (κ2) is 6.73. The van der Waals surface area contributed by atoms with Gasteiger partial charge in [0.2, 0.25) is 0 Å². The third-order valence-electron chi connectivity index (χ3n) is 3.41. The van der Waals surface area contributed by atoms with E-state index in [0.29, 0.717) is 16.3 Å². The Morgan fingerprint density at radius 3 is 2.77 bits per heavy atom. The van der Waals surface area contributed by atoms with E-state index in [2.05, 4.69) is 25.6 Å². The van der Waals surface area contributed by atoms with E-state index in [-0.39, 0.29) is 23.3 Å². The summed E-state index contributed by atoms with van der Waals surface area (Å²) >= 11 is 1.30. The van der Waals surface area contributed by atoms with Crippen molar-refractivity contribution in [3.63, 3.8) is 0 Å². The van der Waals surface area contributed by atoms with E-state index < -0.39 is 0 Å². The fourth-order valence-electron chi connectivity index (χ4n) is 2.23. The molecular formula is C17H11N5O3S. The van der Waals surface area contributed by atoms with Gasteiger partial charge in [-0.05, 0) is 30.3 Å². The fraction of sp³-hybridized carbons (Fsp3) is 0. The van der Waals surface area contributed by atoms with Crippen molar-refractivity contribution in [2.24, 2.45) is 0 Å². The van der Waals surface area contributed by atoms with Crippen LogP contribution in [0.15, 0.2) is 59.6 Å². The second-order valence-corrected chi connectivity index (χ2v) is 6.21. The molecule has 9 heteroatoms. The molecule has 128 valence electrons. The lowest BCUT2D eigenvalue weighted by Crippen LogP contribution is -2.13. The Labute approximate surface area is 150 Å². The monoisotopic (exact) mass is 365 g/mol. The second-order valence-electron chi connectivity index (χ2n) is 5.18. The SMILES string of the molecule is O=C(Nc1ccc2nc(NC(=O)c3ccco3)sc2c1)c1cnccn1. The minimum atomic E-state index is -0.370. The number of amides is 2. The molecule has 0 aliphatic heterocycles. The molecule has 0 bridgehead atoms. The number of carbonyl (C=O) groups excluding carboxylic acids is 2. The summed E-state index contributed by atoms with van der Waals surface area (Å²) < 4.78 is 5.87. The molecule has 4 aromatic rings. The molecule has 0 unspecified atom stereocenters. The molecule has 0 saturated heterocycles. The first-order valence-electron chi connectivity index (χ1n) is 7.52. The summed E-state index contributed by atoms with van der Waals surface area (Å²) in [6.45, 7) is 0.